The van der Waals surface area contributed by atoms with E-state index in [-0.39, 0.29) is 5.41 Å². The highest BCUT2D eigenvalue weighted by molar-refractivity contribution is 8.05. The zero-order chi connectivity index (χ0) is 32.4. The molecule has 0 saturated heterocycles. The first-order chi connectivity index (χ1) is 24.1. The molecule has 3 heterocycles. The van der Waals surface area contributed by atoms with Gasteiger partial charge in [-0.3, -0.25) is 0 Å². The van der Waals surface area contributed by atoms with Crippen molar-refractivity contribution >= 4 is 67.1 Å². The first kappa shape index (κ1) is 27.8. The van der Waals surface area contributed by atoms with Gasteiger partial charge < -0.3 is 9.13 Å². The van der Waals surface area contributed by atoms with Gasteiger partial charge >= 0.3 is 0 Å². The van der Waals surface area contributed by atoms with Gasteiger partial charge in [0.05, 0.1) is 27.0 Å². The summed E-state index contributed by atoms with van der Waals surface area (Å²) in [6.07, 6.45) is 0. The molecule has 0 radical (unpaired) electrons. The summed E-state index contributed by atoms with van der Waals surface area (Å²) in [6, 6.07) is 54.0. The predicted octanol–water partition coefficient (Wildman–Crippen LogP) is 12.8. The molecule has 0 fully saturated rings. The lowest BCUT2D eigenvalue weighted by Crippen LogP contribution is -2.16. The molecule has 0 spiro atoms. The van der Waals surface area contributed by atoms with Crippen molar-refractivity contribution in [2.24, 2.45) is 0 Å². The van der Waals surface area contributed by atoms with Crippen LogP contribution in [0.4, 0.5) is 0 Å². The molecule has 0 saturated carbocycles. The zero-order valence-corrected chi connectivity index (χ0v) is 28.7. The Morgan fingerprint density at radius 1 is 0.449 bits per heavy atom. The minimum atomic E-state index is -0.153. The number of fused-ring (bicyclic) bond motifs is 13. The van der Waals surface area contributed by atoms with Gasteiger partial charge in [-0.25, -0.2) is 0 Å². The molecule has 9 aromatic rings. The van der Waals surface area contributed by atoms with Gasteiger partial charge in [0.15, 0.2) is 0 Å². The highest BCUT2D eigenvalue weighted by atomic mass is 32.2. The van der Waals surface area contributed by atoms with Crippen LogP contribution in [0.2, 0.25) is 0 Å². The number of nitrogens with zero attached hydrogens (tertiary/aromatic N) is 2. The molecule has 0 N–H and O–H groups in total. The monoisotopic (exact) mass is 662 g/mol. The summed E-state index contributed by atoms with van der Waals surface area (Å²) in [5.74, 6) is 0. The van der Waals surface area contributed by atoms with Crippen LogP contribution in [0.3, 0.4) is 0 Å². The number of aromatic nitrogens is 2. The fourth-order valence-corrected chi connectivity index (χ4v) is 11.0. The van der Waals surface area contributed by atoms with Gasteiger partial charge in [-0.15, -0.1) is 0 Å². The smallest absolute Gasteiger partial charge is 0.0692 e. The Morgan fingerprint density at radius 3 is 2.02 bits per heavy atom. The molecule has 2 aliphatic rings. The van der Waals surface area contributed by atoms with Crippen molar-refractivity contribution in [1.29, 1.82) is 0 Å². The molecule has 0 unspecified atom stereocenters. The summed E-state index contributed by atoms with van der Waals surface area (Å²) in [4.78, 5) is 5.31. The van der Waals surface area contributed by atoms with Crippen molar-refractivity contribution < 1.29 is 0 Å². The quantitative estimate of drug-likeness (QED) is 0.182. The molecular weight excluding hydrogens is 633 g/mol. The molecule has 0 amide bonds. The highest BCUT2D eigenvalue weighted by Gasteiger charge is 2.39. The standard InChI is InChI=1S/C45H30N2S2/c1-45(2)35-16-8-6-14-29(35)31-21-22-32-33-23-25-40-44(49-39-19-11-10-18-38(39)48-40)43(33)47(42(32)41(31)45)28-20-24-37-34(26-28)30-15-7-9-17-36(30)46(37)27-12-4-3-5-13-27/h3-26H,1-2H3. The normalized spacial score (nSPS) is 14.3. The van der Waals surface area contributed by atoms with Crippen molar-refractivity contribution in [2.45, 2.75) is 38.8 Å². The molecule has 0 bridgehead atoms. The zero-order valence-electron chi connectivity index (χ0n) is 27.1. The van der Waals surface area contributed by atoms with Crippen LogP contribution in [0.1, 0.15) is 25.0 Å². The number of para-hydroxylation sites is 2. The second-order valence-corrected chi connectivity index (χ2v) is 15.9. The highest BCUT2D eigenvalue weighted by Crippen LogP contribution is 2.56. The van der Waals surface area contributed by atoms with E-state index in [0.717, 1.165) is 0 Å². The third-order valence-electron chi connectivity index (χ3n) is 10.7. The van der Waals surface area contributed by atoms with Crippen molar-refractivity contribution in [2.75, 3.05) is 0 Å². The maximum Gasteiger partial charge on any atom is 0.0692 e. The number of hydrogen-bond donors (Lipinski definition) is 0. The summed E-state index contributed by atoms with van der Waals surface area (Å²) in [5, 5.41) is 5.15. The van der Waals surface area contributed by atoms with Gasteiger partial charge in [-0.05, 0) is 76.9 Å². The topological polar surface area (TPSA) is 9.86 Å². The minimum Gasteiger partial charge on any atom is -0.309 e. The summed E-state index contributed by atoms with van der Waals surface area (Å²) in [5.41, 5.74) is 12.8. The van der Waals surface area contributed by atoms with Gasteiger partial charge in [0.1, 0.15) is 0 Å². The minimum absolute atomic E-state index is 0.153. The largest absolute Gasteiger partial charge is 0.309 e. The molecule has 7 aromatic carbocycles. The van der Waals surface area contributed by atoms with E-state index in [9.17, 15) is 0 Å². The van der Waals surface area contributed by atoms with Crippen LogP contribution in [0.5, 0.6) is 0 Å². The number of rotatable bonds is 2. The molecule has 49 heavy (non-hydrogen) atoms. The van der Waals surface area contributed by atoms with E-state index in [0.29, 0.717) is 0 Å². The SMILES string of the molecule is CC1(C)c2ccccc2-c2ccc3c4ccc5c(c4n(-c4ccc6c(c4)c4ccccc4n6-c4ccccc4)c3c21)Sc1ccccc1S5. The van der Waals surface area contributed by atoms with Gasteiger partial charge in [0.25, 0.3) is 0 Å². The summed E-state index contributed by atoms with van der Waals surface area (Å²) in [6.45, 7) is 4.82. The van der Waals surface area contributed by atoms with Crippen LogP contribution in [0, 0.1) is 0 Å². The first-order valence-electron chi connectivity index (χ1n) is 16.9. The van der Waals surface area contributed by atoms with Crippen molar-refractivity contribution in [3.05, 3.63) is 157 Å². The second-order valence-electron chi connectivity index (χ2n) is 13.7. The lowest BCUT2D eigenvalue weighted by atomic mass is 9.81. The molecule has 4 heteroatoms. The maximum absolute atomic E-state index is 2.62. The Labute approximate surface area is 293 Å². The Balaban J connectivity index is 1.29. The summed E-state index contributed by atoms with van der Waals surface area (Å²) >= 11 is 3.81. The van der Waals surface area contributed by atoms with Crippen LogP contribution in [0.15, 0.2) is 165 Å². The van der Waals surface area contributed by atoms with Crippen LogP contribution in [0.25, 0.3) is 66.1 Å². The fraction of sp³-hybridized carbons (Fsp3) is 0.0667. The van der Waals surface area contributed by atoms with Crippen LogP contribution >= 0.6 is 23.5 Å². The predicted molar refractivity (Wildman–Crippen MR) is 207 cm³/mol. The first-order valence-corrected chi connectivity index (χ1v) is 18.5. The van der Waals surface area contributed by atoms with Crippen LogP contribution < -0.4 is 0 Å². The van der Waals surface area contributed by atoms with E-state index in [1.54, 1.807) is 0 Å². The average molecular weight is 663 g/mol. The van der Waals surface area contributed by atoms with Crippen molar-refractivity contribution in [3.8, 4) is 22.5 Å². The van der Waals surface area contributed by atoms with Gasteiger partial charge in [-0.2, -0.15) is 0 Å². The molecule has 1 aliphatic heterocycles. The molecule has 2 aromatic heterocycles. The Hall–Kier alpha value is -5.16. The second kappa shape index (κ2) is 9.94. The molecule has 232 valence electrons. The Morgan fingerprint density at radius 2 is 1.14 bits per heavy atom. The lowest BCUT2D eigenvalue weighted by molar-refractivity contribution is 0.664. The van der Waals surface area contributed by atoms with E-state index in [1.165, 1.54) is 96.8 Å². The van der Waals surface area contributed by atoms with E-state index in [1.807, 2.05) is 23.5 Å². The van der Waals surface area contributed by atoms with E-state index >= 15 is 0 Å². The molecule has 2 nitrogen and oxygen atoms in total. The third kappa shape index (κ3) is 3.71. The molecule has 11 rings (SSSR count). The van der Waals surface area contributed by atoms with Crippen LogP contribution in [-0.2, 0) is 5.41 Å². The fourth-order valence-electron chi connectivity index (χ4n) is 8.64. The summed E-state index contributed by atoms with van der Waals surface area (Å²) < 4.78 is 5.02. The van der Waals surface area contributed by atoms with Gasteiger partial charge in [0, 0.05) is 53.0 Å². The van der Waals surface area contributed by atoms with Gasteiger partial charge in [-0.1, -0.05) is 128 Å². The average Bonchev–Trinajstić information content (AvgIpc) is 3.74. The van der Waals surface area contributed by atoms with Gasteiger partial charge in [0.2, 0.25) is 0 Å². The van der Waals surface area contributed by atoms with Crippen molar-refractivity contribution in [3.63, 3.8) is 0 Å². The number of benzene rings is 7. The maximum atomic E-state index is 2.62. The molecule has 0 atom stereocenters. The van der Waals surface area contributed by atoms with Crippen LogP contribution in [-0.4, -0.2) is 9.13 Å². The Bertz CT molecular complexity index is 2860. The summed E-state index contributed by atoms with van der Waals surface area (Å²) in [7, 11) is 0. The van der Waals surface area contributed by atoms with Crippen molar-refractivity contribution in [1.82, 2.24) is 9.13 Å². The van der Waals surface area contributed by atoms with E-state index in [4.69, 9.17) is 0 Å². The number of hydrogen-bond acceptors (Lipinski definition) is 2. The van der Waals surface area contributed by atoms with E-state index < -0.39 is 0 Å². The molecular formula is C45H30N2S2. The molecule has 1 aliphatic carbocycles. The Kier molecular flexibility index (Phi) is 5.63. The van der Waals surface area contributed by atoms with E-state index in [2.05, 4.69) is 169 Å². The lowest BCUT2D eigenvalue weighted by Gasteiger charge is -2.24. The third-order valence-corrected chi connectivity index (χ3v) is 13.3.